The first-order valence-corrected chi connectivity index (χ1v) is 10.2. The number of pyridine rings is 2. The van der Waals surface area contributed by atoms with E-state index in [1.54, 1.807) is 12.4 Å². The summed E-state index contributed by atoms with van der Waals surface area (Å²) in [6.07, 6.45) is 3.47. The molecule has 0 saturated carbocycles. The average molecular weight is 396 g/mol. The molecule has 0 aliphatic carbocycles. The fraction of sp³-hybridized carbons (Fsp3) is 0.476. The number of anilines is 2. The molecular formula is C21H28N6O2. The molecule has 0 unspecified atom stereocenters. The highest BCUT2D eigenvalue weighted by atomic mass is 16.5. The summed E-state index contributed by atoms with van der Waals surface area (Å²) in [6.45, 7) is 8.34. The molecule has 0 radical (unpaired) electrons. The Bertz CT molecular complexity index is 772. The lowest BCUT2D eigenvalue weighted by molar-refractivity contribution is 0.0398. The molecule has 2 aliphatic heterocycles. The van der Waals surface area contributed by atoms with Crippen molar-refractivity contribution in [2.75, 3.05) is 75.8 Å². The molecule has 8 nitrogen and oxygen atoms in total. The van der Waals surface area contributed by atoms with Crippen molar-refractivity contribution in [2.45, 2.75) is 0 Å². The Morgan fingerprint density at radius 3 is 2.52 bits per heavy atom. The van der Waals surface area contributed by atoms with Crippen LogP contribution in [-0.4, -0.2) is 91.2 Å². The smallest absolute Gasteiger partial charge is 0.255 e. The van der Waals surface area contributed by atoms with Gasteiger partial charge in [-0.3, -0.25) is 9.69 Å². The van der Waals surface area contributed by atoms with E-state index in [0.29, 0.717) is 18.7 Å². The topological polar surface area (TPSA) is 73.8 Å². The molecular weight excluding hydrogens is 368 g/mol. The molecule has 0 spiro atoms. The maximum Gasteiger partial charge on any atom is 0.255 e. The molecule has 2 aliphatic rings. The van der Waals surface area contributed by atoms with Crippen molar-refractivity contribution in [3.05, 3.63) is 48.3 Å². The largest absolute Gasteiger partial charge is 0.379 e. The van der Waals surface area contributed by atoms with E-state index in [9.17, 15) is 4.79 Å². The monoisotopic (exact) mass is 396 g/mol. The Morgan fingerprint density at radius 1 is 1.00 bits per heavy atom. The molecule has 8 heteroatoms. The maximum atomic E-state index is 12.8. The van der Waals surface area contributed by atoms with Gasteiger partial charge in [-0.25, -0.2) is 9.97 Å². The van der Waals surface area contributed by atoms with E-state index >= 15 is 0 Å². The van der Waals surface area contributed by atoms with Gasteiger partial charge in [0.2, 0.25) is 0 Å². The van der Waals surface area contributed by atoms with Gasteiger partial charge < -0.3 is 19.9 Å². The molecule has 2 aromatic rings. The van der Waals surface area contributed by atoms with Gasteiger partial charge in [0.05, 0.1) is 18.8 Å². The zero-order valence-corrected chi connectivity index (χ0v) is 16.7. The minimum Gasteiger partial charge on any atom is -0.379 e. The predicted molar refractivity (Wildman–Crippen MR) is 112 cm³/mol. The number of hydrogen-bond donors (Lipinski definition) is 1. The molecule has 4 rings (SSSR count). The molecule has 0 atom stereocenters. The quantitative estimate of drug-likeness (QED) is 0.786. The second-order valence-electron chi connectivity index (χ2n) is 7.28. The van der Waals surface area contributed by atoms with Gasteiger partial charge in [-0.15, -0.1) is 0 Å². The van der Waals surface area contributed by atoms with E-state index in [2.05, 4.69) is 25.1 Å². The molecule has 2 saturated heterocycles. The van der Waals surface area contributed by atoms with Gasteiger partial charge in [-0.1, -0.05) is 6.07 Å². The van der Waals surface area contributed by atoms with Crippen molar-refractivity contribution in [1.82, 2.24) is 19.8 Å². The van der Waals surface area contributed by atoms with Gasteiger partial charge in [0.25, 0.3) is 5.91 Å². The fourth-order valence-corrected chi connectivity index (χ4v) is 3.65. The van der Waals surface area contributed by atoms with Crippen LogP contribution in [0.1, 0.15) is 10.4 Å². The Morgan fingerprint density at radius 2 is 1.83 bits per heavy atom. The van der Waals surface area contributed by atoms with Crippen molar-refractivity contribution < 1.29 is 9.53 Å². The number of nitrogens with zero attached hydrogens (tertiary/aromatic N) is 5. The summed E-state index contributed by atoms with van der Waals surface area (Å²) in [5, 5.41) is 3.33. The molecule has 0 aromatic carbocycles. The minimum absolute atomic E-state index is 0.0398. The summed E-state index contributed by atoms with van der Waals surface area (Å²) >= 11 is 0. The number of morpholine rings is 1. The third-order valence-corrected chi connectivity index (χ3v) is 5.39. The summed E-state index contributed by atoms with van der Waals surface area (Å²) in [5.41, 5.74) is 0.634. The molecule has 1 N–H and O–H groups in total. The van der Waals surface area contributed by atoms with Gasteiger partial charge >= 0.3 is 0 Å². The van der Waals surface area contributed by atoms with Crippen LogP contribution in [0.3, 0.4) is 0 Å². The van der Waals surface area contributed by atoms with Gasteiger partial charge in [0.15, 0.2) is 0 Å². The maximum absolute atomic E-state index is 12.8. The molecule has 4 heterocycles. The standard InChI is InChI=1S/C21H28N6O2/c28-21(27-11-9-26(10-12-27)20-3-1-2-6-23-20)18-4-5-19(24-17-18)22-7-8-25-13-15-29-16-14-25/h1-6,17H,7-16H2,(H,22,24). The minimum atomic E-state index is 0.0398. The number of ether oxygens (including phenoxy) is 1. The second kappa shape index (κ2) is 9.67. The fourth-order valence-electron chi connectivity index (χ4n) is 3.65. The van der Waals surface area contributed by atoms with E-state index in [0.717, 1.165) is 64.1 Å². The summed E-state index contributed by atoms with van der Waals surface area (Å²) in [7, 11) is 0. The summed E-state index contributed by atoms with van der Waals surface area (Å²) < 4.78 is 5.36. The number of carbonyl (C=O) groups excluding carboxylic acids is 1. The summed E-state index contributed by atoms with van der Waals surface area (Å²) in [6, 6.07) is 9.65. The predicted octanol–water partition coefficient (Wildman–Crippen LogP) is 1.18. The van der Waals surface area contributed by atoms with Gasteiger partial charge in [0, 0.05) is 64.8 Å². The SMILES string of the molecule is O=C(c1ccc(NCCN2CCOCC2)nc1)N1CCN(c2ccccn2)CC1. The van der Waals surface area contributed by atoms with Crippen LogP contribution in [0.25, 0.3) is 0 Å². The Kier molecular flexibility index (Phi) is 6.53. The van der Waals surface area contributed by atoms with Gasteiger partial charge in [-0.2, -0.15) is 0 Å². The molecule has 2 aromatic heterocycles. The lowest BCUT2D eigenvalue weighted by atomic mass is 10.2. The Balaban J connectivity index is 1.24. The van der Waals surface area contributed by atoms with Crippen LogP contribution >= 0.6 is 0 Å². The number of aromatic nitrogens is 2. The first-order chi connectivity index (χ1) is 14.3. The molecule has 1 amide bonds. The second-order valence-corrected chi connectivity index (χ2v) is 7.28. The number of rotatable bonds is 6. The van der Waals surface area contributed by atoms with Crippen LogP contribution in [0, 0.1) is 0 Å². The van der Waals surface area contributed by atoms with Crippen molar-refractivity contribution >= 4 is 17.5 Å². The normalized spacial score (nSPS) is 17.9. The molecule has 154 valence electrons. The number of piperazine rings is 1. The van der Waals surface area contributed by atoms with Crippen LogP contribution in [0.15, 0.2) is 42.7 Å². The van der Waals surface area contributed by atoms with E-state index < -0.39 is 0 Å². The van der Waals surface area contributed by atoms with Crippen LogP contribution in [0.4, 0.5) is 11.6 Å². The summed E-state index contributed by atoms with van der Waals surface area (Å²) in [5.74, 6) is 1.81. The highest BCUT2D eigenvalue weighted by Crippen LogP contribution is 2.15. The zero-order valence-electron chi connectivity index (χ0n) is 16.7. The Labute approximate surface area is 171 Å². The number of carbonyl (C=O) groups is 1. The molecule has 0 bridgehead atoms. The van der Waals surface area contributed by atoms with Crippen molar-refractivity contribution in [3.8, 4) is 0 Å². The highest BCUT2D eigenvalue weighted by Gasteiger charge is 2.23. The van der Waals surface area contributed by atoms with Crippen LogP contribution in [0.5, 0.6) is 0 Å². The van der Waals surface area contributed by atoms with Crippen molar-refractivity contribution in [2.24, 2.45) is 0 Å². The van der Waals surface area contributed by atoms with Crippen molar-refractivity contribution in [1.29, 1.82) is 0 Å². The van der Waals surface area contributed by atoms with Gasteiger partial charge in [0.1, 0.15) is 11.6 Å². The lowest BCUT2D eigenvalue weighted by Gasteiger charge is -2.35. The first kappa shape index (κ1) is 19.6. The molecule has 2 fully saturated rings. The van der Waals surface area contributed by atoms with E-state index in [1.807, 2.05) is 35.2 Å². The third-order valence-electron chi connectivity index (χ3n) is 5.39. The average Bonchev–Trinajstić information content (AvgIpc) is 2.80. The summed E-state index contributed by atoms with van der Waals surface area (Å²) in [4.78, 5) is 28.1. The third kappa shape index (κ3) is 5.21. The number of nitrogens with one attached hydrogen (secondary N) is 1. The van der Waals surface area contributed by atoms with Crippen LogP contribution in [-0.2, 0) is 4.74 Å². The zero-order chi connectivity index (χ0) is 19.9. The van der Waals surface area contributed by atoms with Gasteiger partial charge in [-0.05, 0) is 24.3 Å². The van der Waals surface area contributed by atoms with Crippen LogP contribution < -0.4 is 10.2 Å². The van der Waals surface area contributed by atoms with E-state index in [4.69, 9.17) is 4.74 Å². The number of amides is 1. The Hall–Kier alpha value is -2.71. The number of hydrogen-bond acceptors (Lipinski definition) is 7. The lowest BCUT2D eigenvalue weighted by Crippen LogP contribution is -2.49. The molecule has 29 heavy (non-hydrogen) atoms. The van der Waals surface area contributed by atoms with Crippen LogP contribution in [0.2, 0.25) is 0 Å². The van der Waals surface area contributed by atoms with E-state index in [-0.39, 0.29) is 5.91 Å². The van der Waals surface area contributed by atoms with E-state index in [1.165, 1.54) is 0 Å². The highest BCUT2D eigenvalue weighted by molar-refractivity contribution is 5.94. The first-order valence-electron chi connectivity index (χ1n) is 10.2. The van der Waals surface area contributed by atoms with Crippen molar-refractivity contribution in [3.63, 3.8) is 0 Å².